The Kier molecular flexibility index (Phi) is 5.00. The molecule has 1 aromatic carbocycles. The van der Waals surface area contributed by atoms with Crippen molar-refractivity contribution in [2.75, 3.05) is 19.7 Å². The maximum absolute atomic E-state index is 12.3. The van der Waals surface area contributed by atoms with Crippen LogP contribution in [0.5, 0.6) is 5.75 Å². The van der Waals surface area contributed by atoms with Crippen molar-refractivity contribution < 1.29 is 9.53 Å². The summed E-state index contributed by atoms with van der Waals surface area (Å²) in [5.74, 6) is 0.107. The number of rotatable bonds is 5. The van der Waals surface area contributed by atoms with Crippen molar-refractivity contribution in [1.29, 1.82) is 5.26 Å². The van der Waals surface area contributed by atoms with Gasteiger partial charge in [0.1, 0.15) is 11.7 Å². The second-order valence-corrected chi connectivity index (χ2v) is 4.96. The van der Waals surface area contributed by atoms with Gasteiger partial charge < -0.3 is 9.64 Å². The normalized spacial score (nSPS) is 15.7. The third kappa shape index (κ3) is 3.30. The molecule has 4 nitrogen and oxygen atoms in total. The molecule has 106 valence electrons. The van der Waals surface area contributed by atoms with Crippen LogP contribution in [0.2, 0.25) is 0 Å². The molecule has 2 rings (SSSR count). The summed E-state index contributed by atoms with van der Waals surface area (Å²) < 4.78 is 5.55. The van der Waals surface area contributed by atoms with Crippen LogP contribution in [0.15, 0.2) is 24.3 Å². The van der Waals surface area contributed by atoms with Crippen LogP contribution in [0.4, 0.5) is 0 Å². The van der Waals surface area contributed by atoms with Crippen molar-refractivity contribution in [3.63, 3.8) is 0 Å². The van der Waals surface area contributed by atoms with E-state index in [9.17, 15) is 10.1 Å². The molecular formula is C16H20N2O2. The summed E-state index contributed by atoms with van der Waals surface area (Å²) in [6, 6.07) is 9.77. The lowest BCUT2D eigenvalue weighted by Gasteiger charge is -2.19. The van der Waals surface area contributed by atoms with E-state index < -0.39 is 5.92 Å². The second kappa shape index (κ2) is 6.95. The molecule has 1 aromatic rings. The summed E-state index contributed by atoms with van der Waals surface area (Å²) in [5, 5.41) is 9.30. The fraction of sp³-hybridized carbons (Fsp3) is 0.500. The van der Waals surface area contributed by atoms with Gasteiger partial charge in [0.05, 0.1) is 12.7 Å². The lowest BCUT2D eigenvalue weighted by molar-refractivity contribution is -0.132. The van der Waals surface area contributed by atoms with Crippen LogP contribution in [-0.2, 0) is 11.2 Å². The van der Waals surface area contributed by atoms with E-state index in [1.54, 1.807) is 4.90 Å². The van der Waals surface area contributed by atoms with Gasteiger partial charge in [0.15, 0.2) is 0 Å². The predicted octanol–water partition coefficient (Wildman–Crippen LogP) is 2.39. The predicted molar refractivity (Wildman–Crippen MR) is 76.2 cm³/mol. The van der Waals surface area contributed by atoms with Crippen molar-refractivity contribution in [2.45, 2.75) is 26.2 Å². The molecule has 1 amide bonds. The molecule has 0 radical (unpaired) electrons. The number of ether oxygens (including phenoxy) is 1. The van der Waals surface area contributed by atoms with Gasteiger partial charge in [-0.3, -0.25) is 4.79 Å². The number of nitrogens with zero attached hydrogens (tertiary/aromatic N) is 2. The lowest BCUT2D eigenvalue weighted by Crippen LogP contribution is -2.34. The highest BCUT2D eigenvalue weighted by atomic mass is 16.5. The molecule has 1 heterocycles. The Hall–Kier alpha value is -2.02. The van der Waals surface area contributed by atoms with Crippen LogP contribution in [-0.4, -0.2) is 30.5 Å². The highest BCUT2D eigenvalue weighted by Gasteiger charge is 2.27. The average molecular weight is 272 g/mol. The Morgan fingerprint density at radius 2 is 2.10 bits per heavy atom. The first-order valence-corrected chi connectivity index (χ1v) is 7.15. The van der Waals surface area contributed by atoms with Crippen LogP contribution in [0.3, 0.4) is 0 Å². The number of para-hydroxylation sites is 1. The summed E-state index contributed by atoms with van der Waals surface area (Å²) in [6.45, 7) is 4.07. The molecule has 1 unspecified atom stereocenters. The van der Waals surface area contributed by atoms with E-state index >= 15 is 0 Å². The fourth-order valence-electron chi connectivity index (χ4n) is 2.53. The van der Waals surface area contributed by atoms with Crippen LogP contribution in [0, 0.1) is 17.2 Å². The number of benzene rings is 1. The summed E-state index contributed by atoms with van der Waals surface area (Å²) >= 11 is 0. The van der Waals surface area contributed by atoms with Gasteiger partial charge in [0.25, 0.3) is 0 Å². The number of hydrogen-bond donors (Lipinski definition) is 0. The first-order valence-electron chi connectivity index (χ1n) is 7.15. The van der Waals surface area contributed by atoms with Gasteiger partial charge in [0, 0.05) is 19.5 Å². The zero-order chi connectivity index (χ0) is 14.4. The van der Waals surface area contributed by atoms with Crippen LogP contribution in [0.25, 0.3) is 0 Å². The van der Waals surface area contributed by atoms with Gasteiger partial charge in [-0.15, -0.1) is 0 Å². The topological polar surface area (TPSA) is 53.3 Å². The van der Waals surface area contributed by atoms with Crippen molar-refractivity contribution >= 4 is 5.91 Å². The number of amides is 1. The molecular weight excluding hydrogens is 252 g/mol. The van der Waals surface area contributed by atoms with Crippen molar-refractivity contribution in [2.24, 2.45) is 5.92 Å². The Morgan fingerprint density at radius 1 is 1.40 bits per heavy atom. The first kappa shape index (κ1) is 14.4. The molecule has 1 aliphatic heterocycles. The van der Waals surface area contributed by atoms with Gasteiger partial charge >= 0.3 is 0 Å². The average Bonchev–Trinajstić information content (AvgIpc) is 3.00. The van der Waals surface area contributed by atoms with E-state index in [2.05, 4.69) is 6.07 Å². The molecule has 1 saturated heterocycles. The van der Waals surface area contributed by atoms with E-state index in [-0.39, 0.29) is 5.91 Å². The third-order valence-electron chi connectivity index (χ3n) is 3.57. The highest BCUT2D eigenvalue weighted by molar-refractivity contribution is 5.81. The largest absolute Gasteiger partial charge is 0.494 e. The summed E-state index contributed by atoms with van der Waals surface area (Å²) in [6.07, 6.45) is 2.50. The molecule has 0 aromatic heterocycles. The van der Waals surface area contributed by atoms with Gasteiger partial charge in [-0.05, 0) is 31.4 Å². The van der Waals surface area contributed by atoms with Crippen molar-refractivity contribution in [3.05, 3.63) is 29.8 Å². The van der Waals surface area contributed by atoms with Crippen molar-refractivity contribution in [3.8, 4) is 11.8 Å². The fourth-order valence-corrected chi connectivity index (χ4v) is 2.53. The van der Waals surface area contributed by atoms with E-state index in [0.717, 1.165) is 37.2 Å². The van der Waals surface area contributed by atoms with Crippen LogP contribution >= 0.6 is 0 Å². The van der Waals surface area contributed by atoms with E-state index in [0.29, 0.717) is 13.0 Å². The number of carbonyl (C=O) groups excluding carboxylic acids is 1. The molecule has 0 aliphatic carbocycles. The molecule has 0 bridgehead atoms. The van der Waals surface area contributed by atoms with E-state index in [1.165, 1.54) is 0 Å². The van der Waals surface area contributed by atoms with Crippen LogP contribution in [0.1, 0.15) is 25.3 Å². The first-order chi connectivity index (χ1) is 9.76. The maximum atomic E-state index is 12.3. The Bertz CT molecular complexity index is 501. The maximum Gasteiger partial charge on any atom is 0.240 e. The molecule has 0 saturated carbocycles. The Balaban J connectivity index is 2.10. The van der Waals surface area contributed by atoms with Gasteiger partial charge in [0.2, 0.25) is 5.91 Å². The van der Waals surface area contributed by atoms with Gasteiger partial charge in [-0.25, -0.2) is 0 Å². The molecule has 20 heavy (non-hydrogen) atoms. The minimum atomic E-state index is -0.616. The zero-order valence-corrected chi connectivity index (χ0v) is 11.8. The number of hydrogen-bond acceptors (Lipinski definition) is 3. The lowest BCUT2D eigenvalue weighted by atomic mass is 9.98. The molecule has 4 heteroatoms. The minimum absolute atomic E-state index is 0.0451. The highest BCUT2D eigenvalue weighted by Crippen LogP contribution is 2.23. The summed E-state index contributed by atoms with van der Waals surface area (Å²) in [5.41, 5.74) is 0.924. The second-order valence-electron chi connectivity index (χ2n) is 4.96. The molecule has 1 atom stereocenters. The number of likely N-dealkylation sites (tertiary alicyclic amines) is 1. The van der Waals surface area contributed by atoms with Crippen molar-refractivity contribution in [1.82, 2.24) is 4.90 Å². The number of nitriles is 1. The molecule has 0 spiro atoms. The summed E-state index contributed by atoms with van der Waals surface area (Å²) in [7, 11) is 0. The van der Waals surface area contributed by atoms with Gasteiger partial charge in [-0.1, -0.05) is 18.2 Å². The standard InChI is InChI=1S/C16H20N2O2/c1-2-20-15-8-4-3-7-13(15)11-14(12-17)16(19)18-9-5-6-10-18/h3-4,7-8,14H,2,5-6,9-11H2,1H3. The summed E-state index contributed by atoms with van der Waals surface area (Å²) in [4.78, 5) is 14.1. The zero-order valence-electron chi connectivity index (χ0n) is 11.8. The van der Waals surface area contributed by atoms with Crippen LogP contribution < -0.4 is 4.74 Å². The van der Waals surface area contributed by atoms with E-state index in [4.69, 9.17) is 4.74 Å². The smallest absolute Gasteiger partial charge is 0.240 e. The van der Waals surface area contributed by atoms with Gasteiger partial charge in [-0.2, -0.15) is 5.26 Å². The molecule has 1 fully saturated rings. The SMILES string of the molecule is CCOc1ccccc1CC(C#N)C(=O)N1CCCC1. The molecule has 0 N–H and O–H groups in total. The monoisotopic (exact) mass is 272 g/mol. The Labute approximate surface area is 120 Å². The molecule has 1 aliphatic rings. The third-order valence-corrected chi connectivity index (χ3v) is 3.57. The number of carbonyl (C=O) groups is 1. The van der Waals surface area contributed by atoms with E-state index in [1.807, 2.05) is 31.2 Å². The minimum Gasteiger partial charge on any atom is -0.494 e. The quantitative estimate of drug-likeness (QED) is 0.827. The Morgan fingerprint density at radius 3 is 2.75 bits per heavy atom.